The van der Waals surface area contributed by atoms with E-state index in [0.717, 1.165) is 5.56 Å². The Bertz CT molecular complexity index is 334. The van der Waals surface area contributed by atoms with E-state index in [2.05, 4.69) is 15.3 Å². The molecule has 1 heterocycles. The second kappa shape index (κ2) is 4.04. The van der Waals surface area contributed by atoms with Crippen molar-refractivity contribution in [2.24, 2.45) is 0 Å². The number of hydrogen-bond donors (Lipinski definition) is 3. The number of aryl methyl sites for hydroxylation is 1. The average Bonchev–Trinajstić information content (AvgIpc) is 2.11. The van der Waals surface area contributed by atoms with Gasteiger partial charge in [0.15, 0.2) is 0 Å². The Labute approximate surface area is 75.8 Å². The molecule has 0 radical (unpaired) electrons. The lowest BCUT2D eigenvalue weighted by Gasteiger charge is -2.13. The Kier molecular flexibility index (Phi) is 3.02. The lowest BCUT2D eigenvalue weighted by molar-refractivity contribution is 0.281. The van der Waals surface area contributed by atoms with Gasteiger partial charge in [-0.25, -0.2) is 9.78 Å². The first kappa shape index (κ1) is 9.73. The van der Waals surface area contributed by atoms with Crippen LogP contribution in [-0.2, 0) is 0 Å². The lowest BCUT2D eigenvalue weighted by atomic mass is 10.3. The molecule has 0 fully saturated rings. The summed E-state index contributed by atoms with van der Waals surface area (Å²) in [5.41, 5.74) is 0.457. The number of nitrogens with one attached hydrogen (secondary N) is 2. The SMILES string of the molecule is Cc1cnc(=O)[nH]c1N[C@H](C)CO. The van der Waals surface area contributed by atoms with Gasteiger partial charge >= 0.3 is 5.69 Å². The molecule has 0 saturated carbocycles. The minimum Gasteiger partial charge on any atom is -0.394 e. The minimum absolute atomic E-state index is 0.0177. The molecule has 0 amide bonds. The van der Waals surface area contributed by atoms with Gasteiger partial charge in [-0.1, -0.05) is 0 Å². The van der Waals surface area contributed by atoms with Gasteiger partial charge in [0.2, 0.25) is 0 Å². The monoisotopic (exact) mass is 183 g/mol. The van der Waals surface area contributed by atoms with Crippen molar-refractivity contribution in [3.05, 3.63) is 22.2 Å². The largest absolute Gasteiger partial charge is 0.394 e. The maximum absolute atomic E-state index is 10.8. The summed E-state index contributed by atoms with van der Waals surface area (Å²) in [5, 5.41) is 11.7. The molecule has 0 bridgehead atoms. The first-order chi connectivity index (χ1) is 6.13. The standard InChI is InChI=1S/C8H13N3O2/c1-5-3-9-8(13)11-7(5)10-6(2)4-12/h3,6,12H,4H2,1-2H3,(H2,9,10,11,13)/t6-/m1/s1. The van der Waals surface area contributed by atoms with Crippen LogP contribution >= 0.6 is 0 Å². The van der Waals surface area contributed by atoms with Gasteiger partial charge in [-0.2, -0.15) is 0 Å². The van der Waals surface area contributed by atoms with Gasteiger partial charge in [0.25, 0.3) is 0 Å². The van der Waals surface area contributed by atoms with Gasteiger partial charge < -0.3 is 10.4 Å². The number of aliphatic hydroxyl groups excluding tert-OH is 1. The van der Waals surface area contributed by atoms with Crippen LogP contribution in [0, 0.1) is 6.92 Å². The van der Waals surface area contributed by atoms with E-state index >= 15 is 0 Å². The summed E-state index contributed by atoms with van der Waals surface area (Å²) in [6.45, 7) is 3.66. The fourth-order valence-corrected chi connectivity index (χ4v) is 0.900. The third-order valence-corrected chi connectivity index (χ3v) is 1.67. The van der Waals surface area contributed by atoms with Crippen molar-refractivity contribution in [2.45, 2.75) is 19.9 Å². The van der Waals surface area contributed by atoms with Crippen LogP contribution in [0.5, 0.6) is 0 Å². The number of H-pyrrole nitrogens is 1. The van der Waals surface area contributed by atoms with Crippen LogP contribution < -0.4 is 11.0 Å². The zero-order chi connectivity index (χ0) is 9.84. The molecule has 0 aliphatic heterocycles. The van der Waals surface area contributed by atoms with Crippen LogP contribution in [0.4, 0.5) is 5.82 Å². The van der Waals surface area contributed by atoms with Crippen molar-refractivity contribution < 1.29 is 5.11 Å². The van der Waals surface area contributed by atoms with Crippen LogP contribution in [-0.4, -0.2) is 27.7 Å². The molecule has 1 aromatic heterocycles. The summed E-state index contributed by atoms with van der Waals surface area (Å²) in [6.07, 6.45) is 1.49. The van der Waals surface area contributed by atoms with E-state index < -0.39 is 5.69 Å². The van der Waals surface area contributed by atoms with E-state index in [4.69, 9.17) is 5.11 Å². The Morgan fingerprint density at radius 1 is 1.77 bits per heavy atom. The number of aromatic nitrogens is 2. The van der Waals surface area contributed by atoms with Crippen molar-refractivity contribution in [3.8, 4) is 0 Å². The lowest BCUT2D eigenvalue weighted by Crippen LogP contribution is -2.23. The molecule has 1 rings (SSSR count). The minimum atomic E-state index is -0.391. The molecule has 13 heavy (non-hydrogen) atoms. The van der Waals surface area contributed by atoms with Crippen molar-refractivity contribution in [2.75, 3.05) is 11.9 Å². The molecule has 0 spiro atoms. The number of anilines is 1. The van der Waals surface area contributed by atoms with Gasteiger partial charge in [-0.15, -0.1) is 0 Å². The summed E-state index contributed by atoms with van der Waals surface area (Å²) in [6, 6.07) is -0.0863. The molecule has 3 N–H and O–H groups in total. The van der Waals surface area contributed by atoms with E-state index in [1.54, 1.807) is 0 Å². The van der Waals surface area contributed by atoms with Crippen LogP contribution in [0.2, 0.25) is 0 Å². The maximum atomic E-state index is 10.8. The van der Waals surface area contributed by atoms with Crippen molar-refractivity contribution in [1.82, 2.24) is 9.97 Å². The number of hydrogen-bond acceptors (Lipinski definition) is 4. The summed E-state index contributed by atoms with van der Waals surface area (Å²) in [5.74, 6) is 0.613. The molecule has 0 saturated heterocycles. The fraction of sp³-hybridized carbons (Fsp3) is 0.500. The summed E-state index contributed by atoms with van der Waals surface area (Å²) in [4.78, 5) is 17.0. The fourth-order valence-electron chi connectivity index (χ4n) is 0.900. The molecular weight excluding hydrogens is 170 g/mol. The second-order valence-electron chi connectivity index (χ2n) is 2.97. The molecule has 1 aromatic rings. The van der Waals surface area contributed by atoms with E-state index in [1.807, 2.05) is 13.8 Å². The number of nitrogens with zero attached hydrogens (tertiary/aromatic N) is 1. The van der Waals surface area contributed by atoms with E-state index in [9.17, 15) is 4.79 Å². The summed E-state index contributed by atoms with van der Waals surface area (Å²) >= 11 is 0. The number of aromatic amines is 1. The van der Waals surface area contributed by atoms with E-state index in [-0.39, 0.29) is 12.6 Å². The van der Waals surface area contributed by atoms with Crippen molar-refractivity contribution >= 4 is 5.82 Å². The highest BCUT2D eigenvalue weighted by Gasteiger charge is 2.03. The molecular formula is C8H13N3O2. The van der Waals surface area contributed by atoms with Gasteiger partial charge in [0.1, 0.15) is 5.82 Å². The normalized spacial score (nSPS) is 12.5. The molecule has 0 aliphatic carbocycles. The second-order valence-corrected chi connectivity index (χ2v) is 2.97. The van der Waals surface area contributed by atoms with Crippen molar-refractivity contribution in [1.29, 1.82) is 0 Å². The zero-order valence-corrected chi connectivity index (χ0v) is 7.66. The van der Waals surface area contributed by atoms with Crippen LogP contribution in [0.25, 0.3) is 0 Å². The number of rotatable bonds is 3. The predicted molar refractivity (Wildman–Crippen MR) is 49.8 cm³/mol. The highest BCUT2D eigenvalue weighted by molar-refractivity contribution is 5.41. The Morgan fingerprint density at radius 3 is 3.08 bits per heavy atom. The first-order valence-corrected chi connectivity index (χ1v) is 4.07. The van der Waals surface area contributed by atoms with E-state index in [1.165, 1.54) is 6.20 Å². The molecule has 5 heteroatoms. The molecule has 0 unspecified atom stereocenters. The zero-order valence-electron chi connectivity index (χ0n) is 7.66. The third kappa shape index (κ3) is 2.55. The average molecular weight is 183 g/mol. The quantitative estimate of drug-likeness (QED) is 0.610. The molecule has 5 nitrogen and oxygen atoms in total. The van der Waals surface area contributed by atoms with Crippen LogP contribution in [0.15, 0.2) is 11.0 Å². The molecule has 0 aromatic carbocycles. The van der Waals surface area contributed by atoms with Crippen LogP contribution in [0.3, 0.4) is 0 Å². The van der Waals surface area contributed by atoms with E-state index in [0.29, 0.717) is 5.82 Å². The molecule has 1 atom stereocenters. The van der Waals surface area contributed by atoms with Crippen LogP contribution in [0.1, 0.15) is 12.5 Å². The maximum Gasteiger partial charge on any atom is 0.346 e. The van der Waals surface area contributed by atoms with Gasteiger partial charge in [-0.3, -0.25) is 4.98 Å². The third-order valence-electron chi connectivity index (χ3n) is 1.67. The topological polar surface area (TPSA) is 78.0 Å². The Hall–Kier alpha value is -1.36. The van der Waals surface area contributed by atoms with Crippen molar-refractivity contribution in [3.63, 3.8) is 0 Å². The summed E-state index contributed by atoms with van der Waals surface area (Å²) in [7, 11) is 0. The highest BCUT2D eigenvalue weighted by atomic mass is 16.3. The Balaban J connectivity index is 2.87. The van der Waals surface area contributed by atoms with Gasteiger partial charge in [-0.05, 0) is 13.8 Å². The molecule has 0 aliphatic rings. The number of aliphatic hydroxyl groups is 1. The molecule has 72 valence electrons. The first-order valence-electron chi connectivity index (χ1n) is 4.07. The highest BCUT2D eigenvalue weighted by Crippen LogP contribution is 2.06. The van der Waals surface area contributed by atoms with Gasteiger partial charge in [0.05, 0.1) is 6.61 Å². The smallest absolute Gasteiger partial charge is 0.346 e. The Morgan fingerprint density at radius 2 is 2.46 bits per heavy atom. The van der Waals surface area contributed by atoms with Gasteiger partial charge in [0, 0.05) is 17.8 Å². The summed E-state index contributed by atoms with van der Waals surface area (Å²) < 4.78 is 0. The predicted octanol–water partition coefficient (Wildman–Crippen LogP) is -0.129.